The summed E-state index contributed by atoms with van der Waals surface area (Å²) in [5.41, 5.74) is 5.25. The van der Waals surface area contributed by atoms with Crippen LogP contribution in [0.1, 0.15) is 58.8 Å². The predicted octanol–water partition coefficient (Wildman–Crippen LogP) is 3.02. The van der Waals surface area contributed by atoms with E-state index in [4.69, 9.17) is 18.0 Å². The molecule has 2 unspecified atom stereocenters. The highest BCUT2D eigenvalue weighted by atomic mass is 32.1. The molecule has 20 heavy (non-hydrogen) atoms. The molecule has 0 radical (unpaired) electrons. The molecule has 0 saturated heterocycles. The molecule has 2 rings (SSSR count). The van der Waals surface area contributed by atoms with Crippen LogP contribution in [0.3, 0.4) is 0 Å². The summed E-state index contributed by atoms with van der Waals surface area (Å²) in [5, 5.41) is 3.08. The summed E-state index contributed by atoms with van der Waals surface area (Å²) in [4.78, 5) is 12.7. The van der Waals surface area contributed by atoms with E-state index >= 15 is 0 Å². The van der Waals surface area contributed by atoms with Gasteiger partial charge in [0.2, 0.25) is 5.91 Å². The second-order valence-corrected chi connectivity index (χ2v) is 7.58. The summed E-state index contributed by atoms with van der Waals surface area (Å²) in [6.45, 7) is 5.25. The first kappa shape index (κ1) is 15.7. The van der Waals surface area contributed by atoms with E-state index in [9.17, 15) is 4.79 Å². The van der Waals surface area contributed by atoms with E-state index in [-0.39, 0.29) is 5.91 Å². The zero-order valence-corrected chi connectivity index (χ0v) is 13.6. The van der Waals surface area contributed by atoms with Crippen molar-refractivity contribution >= 4 is 23.1 Å². The number of rotatable bonds is 5. The minimum Gasteiger partial charge on any atom is -0.392 e. The van der Waals surface area contributed by atoms with E-state index < -0.39 is 5.41 Å². The van der Waals surface area contributed by atoms with Gasteiger partial charge in [-0.2, -0.15) is 0 Å². The number of nitrogens with two attached hydrogens (primary N) is 1. The van der Waals surface area contributed by atoms with Crippen molar-refractivity contribution in [1.82, 2.24) is 5.32 Å². The molecule has 0 heterocycles. The molecule has 3 nitrogen and oxygen atoms in total. The summed E-state index contributed by atoms with van der Waals surface area (Å²) >= 11 is 5.12. The summed E-state index contributed by atoms with van der Waals surface area (Å²) in [7, 11) is 0. The molecule has 0 bridgehead atoms. The number of amides is 1. The number of carbonyl (C=O) groups excluding carboxylic acids is 1. The van der Waals surface area contributed by atoms with Gasteiger partial charge in [-0.05, 0) is 43.4 Å². The molecule has 3 N–H and O–H groups in total. The Morgan fingerprint density at radius 1 is 1.30 bits per heavy atom. The van der Waals surface area contributed by atoms with Crippen molar-refractivity contribution in [3.05, 3.63) is 0 Å². The van der Waals surface area contributed by atoms with Crippen LogP contribution in [0.2, 0.25) is 0 Å². The number of hydrogen-bond acceptors (Lipinski definition) is 2. The Bertz CT molecular complexity index is 377. The molecule has 0 aromatic heterocycles. The Hall–Kier alpha value is -0.640. The lowest BCUT2D eigenvalue weighted by Crippen LogP contribution is -2.56. The van der Waals surface area contributed by atoms with Crippen molar-refractivity contribution in [2.75, 3.05) is 6.54 Å². The molecule has 0 aromatic carbocycles. The fourth-order valence-corrected chi connectivity index (χ4v) is 4.27. The van der Waals surface area contributed by atoms with Crippen LogP contribution in [0.25, 0.3) is 0 Å². The standard InChI is InChI=1S/C16H28N2OS/c1-11-4-3-5-13(8-11)6-7-18-15(19)16(14(17)20)9-12(2)10-16/h11-13H,3-10H2,1-2H3,(H2,17,20)(H,18,19). The molecule has 2 atom stereocenters. The van der Waals surface area contributed by atoms with Crippen molar-refractivity contribution in [2.45, 2.75) is 58.8 Å². The van der Waals surface area contributed by atoms with Crippen molar-refractivity contribution in [2.24, 2.45) is 28.9 Å². The van der Waals surface area contributed by atoms with Crippen molar-refractivity contribution < 1.29 is 4.79 Å². The van der Waals surface area contributed by atoms with Crippen molar-refractivity contribution in [3.8, 4) is 0 Å². The van der Waals surface area contributed by atoms with Gasteiger partial charge in [-0.1, -0.05) is 45.3 Å². The third-order valence-electron chi connectivity index (χ3n) is 5.18. The van der Waals surface area contributed by atoms with Crippen molar-refractivity contribution in [1.29, 1.82) is 0 Å². The van der Waals surface area contributed by atoms with Gasteiger partial charge >= 0.3 is 0 Å². The summed E-state index contributed by atoms with van der Waals surface area (Å²) in [6, 6.07) is 0. The molecule has 0 aromatic rings. The monoisotopic (exact) mass is 296 g/mol. The normalized spacial score (nSPS) is 37.0. The zero-order valence-electron chi connectivity index (χ0n) is 12.8. The number of nitrogens with one attached hydrogen (secondary N) is 1. The minimum atomic E-state index is -0.547. The quantitative estimate of drug-likeness (QED) is 0.767. The topological polar surface area (TPSA) is 55.1 Å². The summed E-state index contributed by atoms with van der Waals surface area (Å²) in [6.07, 6.45) is 8.06. The summed E-state index contributed by atoms with van der Waals surface area (Å²) in [5.74, 6) is 2.24. The van der Waals surface area contributed by atoms with E-state index in [0.29, 0.717) is 10.9 Å². The van der Waals surface area contributed by atoms with E-state index in [1.165, 1.54) is 25.7 Å². The Labute approximate surface area is 128 Å². The Balaban J connectivity index is 1.76. The highest BCUT2D eigenvalue weighted by Gasteiger charge is 2.50. The molecular formula is C16H28N2OS. The lowest BCUT2D eigenvalue weighted by Gasteiger charge is -2.44. The van der Waals surface area contributed by atoms with Gasteiger partial charge < -0.3 is 11.1 Å². The average Bonchev–Trinajstić information content (AvgIpc) is 2.34. The fourth-order valence-electron chi connectivity index (χ4n) is 4.01. The van der Waals surface area contributed by atoms with Crippen LogP contribution in [0.15, 0.2) is 0 Å². The van der Waals surface area contributed by atoms with Gasteiger partial charge in [0.25, 0.3) is 0 Å². The zero-order chi connectivity index (χ0) is 14.8. The van der Waals surface area contributed by atoms with Gasteiger partial charge in [0.05, 0.1) is 10.4 Å². The van der Waals surface area contributed by atoms with E-state index in [1.807, 2.05) is 0 Å². The Morgan fingerprint density at radius 3 is 2.55 bits per heavy atom. The second-order valence-electron chi connectivity index (χ2n) is 7.14. The number of thiocarbonyl (C=S) groups is 1. The van der Waals surface area contributed by atoms with Gasteiger partial charge in [0, 0.05) is 6.54 Å². The smallest absolute Gasteiger partial charge is 0.233 e. The molecule has 2 aliphatic rings. The summed E-state index contributed by atoms with van der Waals surface area (Å²) < 4.78 is 0. The third kappa shape index (κ3) is 3.33. The number of carbonyl (C=O) groups is 1. The second kappa shape index (κ2) is 6.42. The number of hydrogen-bond donors (Lipinski definition) is 2. The first-order chi connectivity index (χ1) is 9.44. The average molecular weight is 296 g/mol. The lowest BCUT2D eigenvalue weighted by atomic mass is 9.62. The first-order valence-electron chi connectivity index (χ1n) is 8.02. The van der Waals surface area contributed by atoms with Crippen LogP contribution in [0, 0.1) is 23.2 Å². The van der Waals surface area contributed by atoms with E-state index in [0.717, 1.165) is 37.6 Å². The Morgan fingerprint density at radius 2 is 2.00 bits per heavy atom. The van der Waals surface area contributed by atoms with E-state index in [1.54, 1.807) is 0 Å². The van der Waals surface area contributed by atoms with Crippen LogP contribution in [0.5, 0.6) is 0 Å². The maximum absolute atomic E-state index is 12.4. The Kier molecular flexibility index (Phi) is 5.05. The molecule has 2 aliphatic carbocycles. The van der Waals surface area contributed by atoms with Crippen LogP contribution >= 0.6 is 12.2 Å². The first-order valence-corrected chi connectivity index (χ1v) is 8.43. The molecule has 0 spiro atoms. The highest BCUT2D eigenvalue weighted by molar-refractivity contribution is 7.80. The molecule has 2 fully saturated rings. The van der Waals surface area contributed by atoms with Gasteiger partial charge in [-0.15, -0.1) is 0 Å². The van der Waals surface area contributed by atoms with Gasteiger partial charge in [0.1, 0.15) is 0 Å². The minimum absolute atomic E-state index is 0.0620. The molecule has 0 aliphatic heterocycles. The molecule has 2 saturated carbocycles. The fraction of sp³-hybridized carbons (Fsp3) is 0.875. The molecule has 114 valence electrons. The molecule has 4 heteroatoms. The maximum Gasteiger partial charge on any atom is 0.233 e. The van der Waals surface area contributed by atoms with Crippen LogP contribution in [-0.2, 0) is 4.79 Å². The predicted molar refractivity (Wildman–Crippen MR) is 86.4 cm³/mol. The largest absolute Gasteiger partial charge is 0.392 e. The lowest BCUT2D eigenvalue weighted by molar-refractivity contribution is -0.132. The van der Waals surface area contributed by atoms with Crippen molar-refractivity contribution in [3.63, 3.8) is 0 Å². The third-order valence-corrected chi connectivity index (χ3v) is 5.57. The van der Waals surface area contributed by atoms with Gasteiger partial charge in [0.15, 0.2) is 0 Å². The highest BCUT2D eigenvalue weighted by Crippen LogP contribution is 2.46. The van der Waals surface area contributed by atoms with E-state index in [2.05, 4.69) is 19.2 Å². The maximum atomic E-state index is 12.4. The van der Waals surface area contributed by atoms with Gasteiger partial charge in [-0.3, -0.25) is 4.79 Å². The SMILES string of the molecule is CC1CCCC(CCNC(=O)C2(C(N)=S)CC(C)C2)C1. The molecule has 1 amide bonds. The van der Waals surface area contributed by atoms with Gasteiger partial charge in [-0.25, -0.2) is 0 Å². The van der Waals surface area contributed by atoms with Crippen LogP contribution in [0.4, 0.5) is 0 Å². The van der Waals surface area contributed by atoms with Crippen LogP contribution < -0.4 is 11.1 Å². The molecular weight excluding hydrogens is 268 g/mol. The van der Waals surface area contributed by atoms with Crippen LogP contribution in [-0.4, -0.2) is 17.4 Å².